The van der Waals surface area contributed by atoms with Gasteiger partial charge in [-0.3, -0.25) is 4.79 Å². The highest BCUT2D eigenvalue weighted by Crippen LogP contribution is 3.07. The summed E-state index contributed by atoms with van der Waals surface area (Å²) in [5, 5.41) is 13.0. The zero-order valence-electron chi connectivity index (χ0n) is 9.58. The van der Waals surface area contributed by atoms with Crippen LogP contribution < -0.4 is 5.32 Å². The van der Waals surface area contributed by atoms with Crippen LogP contribution in [0.5, 0.6) is 0 Å². The molecule has 7 rings (SSSR count). The lowest BCUT2D eigenvalue weighted by Crippen LogP contribution is -3.15. The molecule has 1 heterocycles. The molecule has 0 aliphatic heterocycles. The molecule has 0 atom stereocenters. The first-order valence-corrected chi connectivity index (χ1v) is 6.68. The number of aliphatic carboxylic acids is 1. The molecule has 0 aromatic carbocycles. The fraction of sp³-hybridized carbons (Fsp3) is 0.571. The fourth-order valence-corrected chi connectivity index (χ4v) is 6.86. The third kappa shape index (κ3) is 0.433. The molecule has 90 valence electrons. The Morgan fingerprint density at radius 2 is 1.83 bits per heavy atom. The van der Waals surface area contributed by atoms with Gasteiger partial charge >= 0.3 is 5.97 Å². The van der Waals surface area contributed by atoms with Crippen LogP contribution in [0.15, 0.2) is 24.4 Å². The summed E-state index contributed by atoms with van der Waals surface area (Å²) in [5.41, 5.74) is -0.000893. The van der Waals surface area contributed by atoms with Gasteiger partial charge in [0.05, 0.1) is 5.41 Å². The van der Waals surface area contributed by atoms with Gasteiger partial charge in [-0.05, 0) is 47.6 Å². The molecule has 6 aliphatic carbocycles. The van der Waals surface area contributed by atoms with Crippen molar-refractivity contribution < 1.29 is 9.90 Å². The van der Waals surface area contributed by atoms with Gasteiger partial charge in [0.25, 0.3) is 0 Å². The number of nitrogens with zero attached hydrogens (tertiary/aromatic N) is 1. The van der Waals surface area contributed by atoms with Crippen molar-refractivity contribution in [3.8, 4) is 0 Å². The van der Waals surface area contributed by atoms with Crippen molar-refractivity contribution >= 4 is 11.8 Å². The Kier molecular flexibility index (Phi) is 0.928. The van der Waals surface area contributed by atoms with E-state index in [1.807, 2.05) is 24.4 Å². The second-order valence-corrected chi connectivity index (χ2v) is 6.67. The molecule has 1 aromatic rings. The maximum Gasteiger partial charge on any atom is 0.310 e. The van der Waals surface area contributed by atoms with Crippen LogP contribution in [0, 0.1) is 40.9 Å². The summed E-state index contributed by atoms with van der Waals surface area (Å²) in [6.45, 7) is 0. The van der Waals surface area contributed by atoms with E-state index >= 15 is 0 Å². The van der Waals surface area contributed by atoms with E-state index in [1.165, 1.54) is 0 Å². The molecule has 18 heavy (non-hydrogen) atoms. The molecular weight excluding hydrogens is 228 g/mol. The highest BCUT2D eigenvalue weighted by atomic mass is 16.4. The number of hydrogen-bond acceptors (Lipinski definition) is 3. The lowest BCUT2D eigenvalue weighted by molar-refractivity contribution is -0.598. The number of nitrogens with one attached hydrogen (secondary N) is 1. The number of rotatable bonds is 3. The molecule has 6 fully saturated rings. The van der Waals surface area contributed by atoms with Crippen LogP contribution in [-0.2, 0) is 4.79 Å². The summed E-state index contributed by atoms with van der Waals surface area (Å²) in [4.78, 5) is 15.8. The van der Waals surface area contributed by atoms with Gasteiger partial charge in [-0.15, -0.1) is 0 Å². The lowest BCUT2D eigenvalue weighted by Gasteiger charge is -3.09. The molecule has 4 heteroatoms. The Balaban J connectivity index is 1.36. The van der Waals surface area contributed by atoms with Crippen LogP contribution in [0.25, 0.3) is 0 Å². The van der Waals surface area contributed by atoms with Gasteiger partial charge in [0.1, 0.15) is 5.82 Å². The number of carbonyl (C=O) groups is 1. The summed E-state index contributed by atoms with van der Waals surface area (Å²) in [5.74, 6) is 3.82. The largest absolute Gasteiger partial charge is 0.481 e. The van der Waals surface area contributed by atoms with Gasteiger partial charge in [-0.25, -0.2) is 4.98 Å². The minimum atomic E-state index is -0.516. The van der Waals surface area contributed by atoms with Gasteiger partial charge in [-0.1, -0.05) is 6.07 Å². The van der Waals surface area contributed by atoms with Crippen molar-refractivity contribution in [3.05, 3.63) is 24.4 Å². The van der Waals surface area contributed by atoms with Crippen molar-refractivity contribution in [2.24, 2.45) is 40.9 Å². The fourth-order valence-electron chi connectivity index (χ4n) is 6.86. The highest BCUT2D eigenvalue weighted by Gasteiger charge is 3.12. The molecule has 0 saturated heterocycles. The predicted octanol–water partition coefficient (Wildman–Crippen LogP) is 1.07. The van der Waals surface area contributed by atoms with Gasteiger partial charge in [0, 0.05) is 11.7 Å². The molecule has 0 unspecified atom stereocenters. The van der Waals surface area contributed by atoms with Crippen molar-refractivity contribution in [1.82, 2.24) is 4.98 Å². The Morgan fingerprint density at radius 1 is 1.17 bits per heavy atom. The molecule has 0 spiro atoms. The van der Waals surface area contributed by atoms with Crippen LogP contribution in [0.2, 0.25) is 0 Å². The number of carboxylic acid groups (broad SMARTS) is 1. The van der Waals surface area contributed by atoms with Crippen LogP contribution in [0.3, 0.4) is 0 Å². The SMILES string of the molecule is O=C(O)C12C3C4C1C1C2C3C41Nc1ccccn1. The number of pyridine rings is 1. The molecule has 0 amide bonds. The summed E-state index contributed by atoms with van der Waals surface area (Å²) < 4.78 is 0. The van der Waals surface area contributed by atoms with Crippen LogP contribution in [0.1, 0.15) is 0 Å². The van der Waals surface area contributed by atoms with Crippen LogP contribution in [0.4, 0.5) is 5.82 Å². The predicted molar refractivity (Wildman–Crippen MR) is 61.6 cm³/mol. The van der Waals surface area contributed by atoms with Crippen molar-refractivity contribution in [2.45, 2.75) is 5.54 Å². The Hall–Kier alpha value is -1.58. The number of hydrogen-bond donors (Lipinski definition) is 2. The first-order chi connectivity index (χ1) is 8.75. The summed E-state index contributed by atoms with van der Waals surface area (Å²) in [6, 6.07) is 5.92. The van der Waals surface area contributed by atoms with Gasteiger partial charge in [-0.2, -0.15) is 0 Å². The molecule has 6 aliphatic rings. The smallest absolute Gasteiger partial charge is 0.310 e. The standard InChI is InChI=1S/C14H12N2O2/c17-12(18)13-6-9-7(13)11-8(13)10(6)14(9,11)16-5-3-1-2-4-15-5/h1-4,6-11H,(H,15,16)(H,17,18). The zero-order valence-corrected chi connectivity index (χ0v) is 9.58. The average Bonchev–Trinajstić information content (AvgIpc) is 2.40. The number of aromatic nitrogens is 1. The zero-order chi connectivity index (χ0) is 11.9. The van der Waals surface area contributed by atoms with E-state index in [2.05, 4.69) is 10.3 Å². The second kappa shape index (κ2) is 1.96. The Bertz CT molecular complexity index is 572. The number of anilines is 1. The summed E-state index contributed by atoms with van der Waals surface area (Å²) in [6.07, 6.45) is 1.81. The first kappa shape index (κ1) is 8.51. The van der Waals surface area contributed by atoms with E-state index in [1.54, 1.807) is 0 Å². The van der Waals surface area contributed by atoms with E-state index in [9.17, 15) is 9.90 Å². The van der Waals surface area contributed by atoms with Crippen molar-refractivity contribution in [2.75, 3.05) is 5.32 Å². The van der Waals surface area contributed by atoms with E-state index in [4.69, 9.17) is 0 Å². The molecule has 6 saturated carbocycles. The molecule has 1 aromatic heterocycles. The average molecular weight is 240 g/mol. The van der Waals surface area contributed by atoms with E-state index < -0.39 is 5.97 Å². The maximum atomic E-state index is 11.4. The van der Waals surface area contributed by atoms with E-state index in [0.29, 0.717) is 35.5 Å². The number of carboxylic acids is 1. The minimum absolute atomic E-state index is 0.256. The van der Waals surface area contributed by atoms with Crippen LogP contribution in [-0.4, -0.2) is 21.6 Å². The van der Waals surface area contributed by atoms with Crippen LogP contribution >= 0.6 is 0 Å². The van der Waals surface area contributed by atoms with Gasteiger partial charge in [0.15, 0.2) is 0 Å². The molecule has 0 radical (unpaired) electrons. The summed E-state index contributed by atoms with van der Waals surface area (Å²) >= 11 is 0. The third-order valence-corrected chi connectivity index (χ3v) is 7.01. The van der Waals surface area contributed by atoms with Crippen molar-refractivity contribution in [1.29, 1.82) is 0 Å². The maximum absolute atomic E-state index is 11.4. The second-order valence-electron chi connectivity index (χ2n) is 6.67. The first-order valence-electron chi connectivity index (χ1n) is 6.68. The van der Waals surface area contributed by atoms with Gasteiger partial charge in [0.2, 0.25) is 0 Å². The van der Waals surface area contributed by atoms with E-state index in [0.717, 1.165) is 5.82 Å². The third-order valence-electron chi connectivity index (χ3n) is 7.01. The molecule has 2 N–H and O–H groups in total. The molecule has 4 nitrogen and oxygen atoms in total. The minimum Gasteiger partial charge on any atom is -0.481 e. The Morgan fingerprint density at radius 3 is 2.33 bits per heavy atom. The topological polar surface area (TPSA) is 62.2 Å². The Labute approximate surface area is 103 Å². The van der Waals surface area contributed by atoms with Crippen molar-refractivity contribution in [3.63, 3.8) is 0 Å². The lowest BCUT2D eigenvalue weighted by atomic mass is 8.94. The summed E-state index contributed by atoms with van der Waals surface area (Å²) in [7, 11) is 0. The van der Waals surface area contributed by atoms with Gasteiger partial charge < -0.3 is 10.4 Å². The molecule has 0 bridgehead atoms. The molecular formula is C14H12N2O2. The van der Waals surface area contributed by atoms with E-state index in [-0.39, 0.29) is 11.0 Å². The highest BCUT2D eigenvalue weighted by molar-refractivity contribution is 5.88. The quantitative estimate of drug-likeness (QED) is 0.829. The monoisotopic (exact) mass is 240 g/mol. The normalized spacial score (nSPS) is 62.2.